The SMILES string of the molecule is Cc1ccc(Cc2nnn(CC(O)Cn3cc([N+](=O)[O-])cn3)n2)cc1. The molecule has 3 rings (SSSR count). The Morgan fingerprint density at radius 3 is 2.72 bits per heavy atom. The summed E-state index contributed by atoms with van der Waals surface area (Å²) in [4.78, 5) is 11.4. The van der Waals surface area contributed by atoms with Gasteiger partial charge in [-0.25, -0.2) is 0 Å². The van der Waals surface area contributed by atoms with Crippen molar-refractivity contribution in [1.82, 2.24) is 30.0 Å². The number of aryl methyl sites for hydroxylation is 1. The predicted octanol–water partition coefficient (Wildman–Crippen LogP) is 0.738. The van der Waals surface area contributed by atoms with Crippen LogP contribution in [-0.2, 0) is 19.5 Å². The molecule has 0 bridgehead atoms. The van der Waals surface area contributed by atoms with Crippen LogP contribution in [0.25, 0.3) is 0 Å². The maximum Gasteiger partial charge on any atom is 0.306 e. The molecule has 0 radical (unpaired) electrons. The van der Waals surface area contributed by atoms with Crippen LogP contribution in [0, 0.1) is 17.0 Å². The largest absolute Gasteiger partial charge is 0.389 e. The predicted molar refractivity (Wildman–Crippen MR) is 86.7 cm³/mol. The Labute approximate surface area is 142 Å². The number of nitro groups is 1. The Hall–Kier alpha value is -3.14. The van der Waals surface area contributed by atoms with E-state index in [0.717, 1.165) is 11.8 Å². The van der Waals surface area contributed by atoms with Gasteiger partial charge in [0.25, 0.3) is 0 Å². The van der Waals surface area contributed by atoms with Gasteiger partial charge in [0.15, 0.2) is 5.82 Å². The first-order valence-electron chi connectivity index (χ1n) is 7.67. The van der Waals surface area contributed by atoms with Crippen molar-refractivity contribution in [3.8, 4) is 0 Å². The van der Waals surface area contributed by atoms with E-state index in [1.165, 1.54) is 21.2 Å². The van der Waals surface area contributed by atoms with Gasteiger partial charge >= 0.3 is 5.69 Å². The number of aliphatic hydroxyl groups excluding tert-OH is 1. The van der Waals surface area contributed by atoms with E-state index < -0.39 is 11.0 Å². The van der Waals surface area contributed by atoms with Crippen molar-refractivity contribution in [2.75, 3.05) is 0 Å². The summed E-state index contributed by atoms with van der Waals surface area (Å²) in [5.74, 6) is 0.561. The Morgan fingerprint density at radius 2 is 2.04 bits per heavy atom. The third-order valence-corrected chi connectivity index (χ3v) is 3.58. The van der Waals surface area contributed by atoms with E-state index in [0.29, 0.717) is 12.2 Å². The summed E-state index contributed by atoms with van der Waals surface area (Å²) in [6.45, 7) is 2.24. The summed E-state index contributed by atoms with van der Waals surface area (Å²) in [5.41, 5.74) is 2.14. The highest BCUT2D eigenvalue weighted by Crippen LogP contribution is 2.09. The van der Waals surface area contributed by atoms with Crippen LogP contribution in [0.15, 0.2) is 36.7 Å². The fraction of sp³-hybridized carbons (Fsp3) is 0.333. The van der Waals surface area contributed by atoms with Crippen LogP contribution in [0.3, 0.4) is 0 Å². The van der Waals surface area contributed by atoms with E-state index in [-0.39, 0.29) is 18.8 Å². The number of tetrazole rings is 1. The maximum absolute atomic E-state index is 10.6. The molecule has 0 spiro atoms. The highest BCUT2D eigenvalue weighted by atomic mass is 16.6. The second kappa shape index (κ2) is 7.18. The van der Waals surface area contributed by atoms with E-state index >= 15 is 0 Å². The Balaban J connectivity index is 1.56. The van der Waals surface area contributed by atoms with E-state index in [4.69, 9.17) is 0 Å². The third kappa shape index (κ3) is 4.44. The summed E-state index contributed by atoms with van der Waals surface area (Å²) in [5, 5.41) is 36.7. The Kier molecular flexibility index (Phi) is 4.80. The monoisotopic (exact) mass is 343 g/mol. The molecule has 1 N–H and O–H groups in total. The van der Waals surface area contributed by atoms with Gasteiger partial charge in [-0.3, -0.25) is 14.8 Å². The van der Waals surface area contributed by atoms with Crippen molar-refractivity contribution in [3.05, 3.63) is 63.7 Å². The fourth-order valence-corrected chi connectivity index (χ4v) is 2.32. The highest BCUT2D eigenvalue weighted by molar-refractivity contribution is 5.23. The van der Waals surface area contributed by atoms with Gasteiger partial charge < -0.3 is 5.11 Å². The zero-order chi connectivity index (χ0) is 17.8. The summed E-state index contributed by atoms with van der Waals surface area (Å²) >= 11 is 0. The molecule has 25 heavy (non-hydrogen) atoms. The number of rotatable bonds is 7. The summed E-state index contributed by atoms with van der Waals surface area (Å²) in [7, 11) is 0. The quantitative estimate of drug-likeness (QED) is 0.495. The van der Waals surface area contributed by atoms with Crippen LogP contribution in [0.5, 0.6) is 0 Å². The second-order valence-electron chi connectivity index (χ2n) is 5.75. The molecule has 0 aliphatic carbocycles. The molecule has 1 aromatic carbocycles. The molecule has 2 heterocycles. The normalized spacial score (nSPS) is 12.2. The lowest BCUT2D eigenvalue weighted by molar-refractivity contribution is -0.385. The highest BCUT2D eigenvalue weighted by Gasteiger charge is 2.14. The molecule has 10 nitrogen and oxygen atoms in total. The minimum atomic E-state index is -0.846. The van der Waals surface area contributed by atoms with Crippen LogP contribution in [-0.4, -0.2) is 46.1 Å². The van der Waals surface area contributed by atoms with Gasteiger partial charge in [-0.15, -0.1) is 10.2 Å². The smallest absolute Gasteiger partial charge is 0.306 e. The zero-order valence-electron chi connectivity index (χ0n) is 13.6. The molecule has 0 aliphatic rings. The number of nitrogens with zero attached hydrogens (tertiary/aromatic N) is 7. The minimum absolute atomic E-state index is 0.0999. The maximum atomic E-state index is 10.6. The molecule has 0 amide bonds. The van der Waals surface area contributed by atoms with Gasteiger partial charge in [0, 0.05) is 6.42 Å². The molecule has 3 aromatic rings. The topological polar surface area (TPSA) is 125 Å². The summed E-state index contributed by atoms with van der Waals surface area (Å²) in [6.07, 6.45) is 2.11. The van der Waals surface area contributed by atoms with Crippen LogP contribution in [0.1, 0.15) is 17.0 Å². The lowest BCUT2D eigenvalue weighted by Crippen LogP contribution is -2.23. The van der Waals surface area contributed by atoms with Gasteiger partial charge in [-0.1, -0.05) is 29.8 Å². The number of hydrogen-bond donors (Lipinski definition) is 1. The first-order valence-corrected chi connectivity index (χ1v) is 7.67. The van der Waals surface area contributed by atoms with Crippen LogP contribution in [0.4, 0.5) is 5.69 Å². The molecule has 0 saturated heterocycles. The van der Waals surface area contributed by atoms with Crippen molar-refractivity contribution in [1.29, 1.82) is 0 Å². The van der Waals surface area contributed by atoms with Gasteiger partial charge in [0.2, 0.25) is 0 Å². The van der Waals surface area contributed by atoms with Crippen molar-refractivity contribution in [3.63, 3.8) is 0 Å². The van der Waals surface area contributed by atoms with Gasteiger partial charge in [-0.2, -0.15) is 9.90 Å². The zero-order valence-corrected chi connectivity index (χ0v) is 13.6. The van der Waals surface area contributed by atoms with E-state index in [9.17, 15) is 15.2 Å². The average Bonchev–Trinajstić information content (AvgIpc) is 3.19. The van der Waals surface area contributed by atoms with Crippen molar-refractivity contribution < 1.29 is 10.0 Å². The third-order valence-electron chi connectivity index (χ3n) is 3.58. The molecule has 2 aromatic heterocycles. The van der Waals surface area contributed by atoms with Crippen molar-refractivity contribution in [2.24, 2.45) is 0 Å². The summed E-state index contributed by atoms with van der Waals surface area (Å²) in [6, 6.07) is 8.06. The first kappa shape index (κ1) is 16.7. The van der Waals surface area contributed by atoms with E-state index in [1.807, 2.05) is 31.2 Å². The molecular formula is C15H17N7O3. The molecule has 1 atom stereocenters. The Bertz CT molecular complexity index is 856. The van der Waals surface area contributed by atoms with Gasteiger partial charge in [0.1, 0.15) is 12.4 Å². The molecule has 0 saturated carbocycles. The standard InChI is InChI=1S/C15H17N7O3/c1-11-2-4-12(5-3-11)6-15-17-19-21(18-15)10-14(23)9-20-8-13(7-16-20)22(24)25/h2-5,7-8,14,23H,6,9-10H2,1H3. The second-order valence-corrected chi connectivity index (χ2v) is 5.75. The van der Waals surface area contributed by atoms with E-state index in [2.05, 4.69) is 20.5 Å². The lowest BCUT2D eigenvalue weighted by Gasteiger charge is -2.08. The summed E-state index contributed by atoms with van der Waals surface area (Å²) < 4.78 is 1.31. The fourth-order valence-electron chi connectivity index (χ4n) is 2.32. The van der Waals surface area contributed by atoms with Crippen LogP contribution in [0.2, 0.25) is 0 Å². The van der Waals surface area contributed by atoms with Crippen LogP contribution < -0.4 is 0 Å². The number of benzene rings is 1. The van der Waals surface area contributed by atoms with Crippen molar-refractivity contribution >= 4 is 5.69 Å². The molecule has 10 heteroatoms. The molecule has 1 unspecified atom stereocenters. The molecule has 0 fully saturated rings. The lowest BCUT2D eigenvalue weighted by atomic mass is 10.1. The minimum Gasteiger partial charge on any atom is -0.389 e. The Morgan fingerprint density at radius 1 is 1.28 bits per heavy atom. The molecule has 130 valence electrons. The molecular weight excluding hydrogens is 326 g/mol. The van der Waals surface area contributed by atoms with Gasteiger partial charge in [0.05, 0.1) is 24.1 Å². The van der Waals surface area contributed by atoms with Gasteiger partial charge in [-0.05, 0) is 17.7 Å². The first-order chi connectivity index (χ1) is 12.0. The number of aromatic nitrogens is 6. The van der Waals surface area contributed by atoms with Crippen molar-refractivity contribution in [2.45, 2.75) is 32.5 Å². The van der Waals surface area contributed by atoms with E-state index in [1.54, 1.807) is 0 Å². The number of aliphatic hydroxyl groups is 1. The molecule has 0 aliphatic heterocycles. The van der Waals surface area contributed by atoms with Crippen LogP contribution >= 0.6 is 0 Å². The average molecular weight is 343 g/mol. The number of hydrogen-bond acceptors (Lipinski definition) is 7.